The second-order valence-corrected chi connectivity index (χ2v) is 4.13. The number of ether oxygens (including phenoxy) is 1. The van der Waals surface area contributed by atoms with Gasteiger partial charge in [-0.1, -0.05) is 26.0 Å². The van der Waals surface area contributed by atoms with E-state index in [9.17, 15) is 4.79 Å². The number of benzene rings is 1. The summed E-state index contributed by atoms with van der Waals surface area (Å²) in [7, 11) is 0. The molecule has 1 N–H and O–H groups in total. The van der Waals surface area contributed by atoms with Crippen LogP contribution in [0.15, 0.2) is 24.3 Å². The van der Waals surface area contributed by atoms with Crippen molar-refractivity contribution in [3.8, 4) is 0 Å². The number of carbonyl (C=O) groups is 1. The largest absolute Gasteiger partial charge is 0.478 e. The van der Waals surface area contributed by atoms with Crippen LogP contribution in [0, 0.1) is 0 Å². The number of carboxylic acids is 1. The van der Waals surface area contributed by atoms with Gasteiger partial charge in [0.2, 0.25) is 0 Å². The lowest BCUT2D eigenvalue weighted by Gasteiger charge is -2.26. The van der Waals surface area contributed by atoms with Gasteiger partial charge in [-0.2, -0.15) is 0 Å². The Hall–Kier alpha value is -1.39. The summed E-state index contributed by atoms with van der Waals surface area (Å²) in [6.07, 6.45) is 0.0687. The van der Waals surface area contributed by atoms with Crippen LogP contribution >= 0.6 is 0 Å². The SMILES string of the molecule is CCN(CC)C(C)OCc1ccc(C(=O)O)cc1. The molecule has 18 heavy (non-hydrogen) atoms. The van der Waals surface area contributed by atoms with Crippen molar-refractivity contribution in [2.45, 2.75) is 33.6 Å². The number of rotatable bonds is 7. The van der Waals surface area contributed by atoms with Crippen LogP contribution in [0.2, 0.25) is 0 Å². The van der Waals surface area contributed by atoms with E-state index >= 15 is 0 Å². The number of nitrogens with zero attached hydrogens (tertiary/aromatic N) is 1. The van der Waals surface area contributed by atoms with E-state index in [1.165, 1.54) is 0 Å². The molecule has 1 atom stereocenters. The van der Waals surface area contributed by atoms with E-state index in [1.54, 1.807) is 24.3 Å². The van der Waals surface area contributed by atoms with Gasteiger partial charge in [-0.15, -0.1) is 0 Å². The molecule has 0 saturated carbocycles. The predicted molar refractivity (Wildman–Crippen MR) is 70.6 cm³/mol. The third-order valence-electron chi connectivity index (χ3n) is 3.02. The quantitative estimate of drug-likeness (QED) is 0.757. The van der Waals surface area contributed by atoms with E-state index in [4.69, 9.17) is 9.84 Å². The summed E-state index contributed by atoms with van der Waals surface area (Å²) in [5, 5.41) is 8.79. The van der Waals surface area contributed by atoms with Crippen molar-refractivity contribution in [1.82, 2.24) is 4.90 Å². The Morgan fingerprint density at radius 3 is 2.28 bits per heavy atom. The molecule has 0 bridgehead atoms. The van der Waals surface area contributed by atoms with Crippen LogP contribution in [-0.2, 0) is 11.3 Å². The van der Waals surface area contributed by atoms with Crippen LogP contribution in [0.1, 0.15) is 36.7 Å². The fourth-order valence-corrected chi connectivity index (χ4v) is 1.80. The third kappa shape index (κ3) is 4.13. The highest BCUT2D eigenvalue weighted by Gasteiger charge is 2.10. The second-order valence-electron chi connectivity index (χ2n) is 4.13. The predicted octanol–water partition coefficient (Wildman–Crippen LogP) is 2.59. The van der Waals surface area contributed by atoms with Crippen LogP contribution in [0.5, 0.6) is 0 Å². The van der Waals surface area contributed by atoms with Crippen LogP contribution in [0.25, 0.3) is 0 Å². The molecule has 4 nitrogen and oxygen atoms in total. The zero-order valence-corrected chi connectivity index (χ0v) is 11.2. The zero-order chi connectivity index (χ0) is 13.5. The maximum atomic E-state index is 10.7. The number of aromatic carboxylic acids is 1. The fourth-order valence-electron chi connectivity index (χ4n) is 1.80. The van der Waals surface area contributed by atoms with Crippen LogP contribution in [-0.4, -0.2) is 35.3 Å². The van der Waals surface area contributed by atoms with Gasteiger partial charge >= 0.3 is 5.97 Å². The molecule has 0 aromatic heterocycles. The summed E-state index contributed by atoms with van der Waals surface area (Å²) < 4.78 is 5.75. The van der Waals surface area contributed by atoms with Gasteiger partial charge in [0.05, 0.1) is 12.2 Å². The highest BCUT2D eigenvalue weighted by molar-refractivity contribution is 5.87. The molecule has 0 heterocycles. The minimum absolute atomic E-state index is 0.0687. The van der Waals surface area contributed by atoms with Crippen molar-refractivity contribution in [2.24, 2.45) is 0 Å². The van der Waals surface area contributed by atoms with E-state index in [1.807, 2.05) is 6.92 Å². The Bertz CT molecular complexity index is 371. The topological polar surface area (TPSA) is 49.8 Å². The molecule has 0 spiro atoms. The molecule has 1 aromatic rings. The Balaban J connectivity index is 2.50. The Morgan fingerprint density at radius 1 is 1.28 bits per heavy atom. The molecule has 1 unspecified atom stereocenters. The van der Waals surface area contributed by atoms with Gasteiger partial charge in [-0.25, -0.2) is 4.79 Å². The average molecular weight is 251 g/mol. The normalized spacial score (nSPS) is 12.7. The number of hydrogen-bond acceptors (Lipinski definition) is 3. The van der Waals surface area contributed by atoms with Crippen molar-refractivity contribution in [3.63, 3.8) is 0 Å². The van der Waals surface area contributed by atoms with Crippen molar-refractivity contribution in [2.75, 3.05) is 13.1 Å². The third-order valence-corrected chi connectivity index (χ3v) is 3.02. The van der Waals surface area contributed by atoms with Gasteiger partial charge in [0.15, 0.2) is 0 Å². The molecule has 0 aliphatic heterocycles. The van der Waals surface area contributed by atoms with Gasteiger partial charge in [-0.05, 0) is 37.7 Å². The molecule has 0 aliphatic rings. The molecule has 1 aromatic carbocycles. The molecule has 4 heteroatoms. The summed E-state index contributed by atoms with van der Waals surface area (Å²) in [4.78, 5) is 12.9. The highest BCUT2D eigenvalue weighted by Crippen LogP contribution is 2.09. The van der Waals surface area contributed by atoms with Gasteiger partial charge in [0.25, 0.3) is 0 Å². The molecule has 100 valence electrons. The highest BCUT2D eigenvalue weighted by atomic mass is 16.5. The molecule has 0 radical (unpaired) electrons. The van der Waals surface area contributed by atoms with Crippen molar-refractivity contribution < 1.29 is 14.6 Å². The van der Waals surface area contributed by atoms with Gasteiger partial charge in [0.1, 0.15) is 6.23 Å². The molecular weight excluding hydrogens is 230 g/mol. The van der Waals surface area contributed by atoms with Crippen molar-refractivity contribution in [3.05, 3.63) is 35.4 Å². The summed E-state index contributed by atoms with van der Waals surface area (Å²) in [5.41, 5.74) is 1.29. The first-order valence-corrected chi connectivity index (χ1v) is 6.26. The Morgan fingerprint density at radius 2 is 1.83 bits per heavy atom. The lowest BCUT2D eigenvalue weighted by Crippen LogP contribution is -2.34. The summed E-state index contributed by atoms with van der Waals surface area (Å²) >= 11 is 0. The first-order chi connectivity index (χ1) is 8.58. The Labute approximate surface area is 108 Å². The summed E-state index contributed by atoms with van der Waals surface area (Å²) in [6.45, 7) is 8.64. The number of hydrogen-bond donors (Lipinski definition) is 1. The standard InChI is InChI=1S/C14H21NO3/c1-4-15(5-2)11(3)18-10-12-6-8-13(9-7-12)14(16)17/h6-9,11H,4-5,10H2,1-3H3,(H,16,17). The monoisotopic (exact) mass is 251 g/mol. The molecule has 0 saturated heterocycles. The van der Waals surface area contributed by atoms with Crippen molar-refractivity contribution in [1.29, 1.82) is 0 Å². The first kappa shape index (κ1) is 14.7. The minimum atomic E-state index is -0.904. The van der Waals surface area contributed by atoms with Crippen LogP contribution in [0.3, 0.4) is 0 Å². The van der Waals surface area contributed by atoms with E-state index in [0.717, 1.165) is 18.7 Å². The minimum Gasteiger partial charge on any atom is -0.478 e. The number of carboxylic acid groups (broad SMARTS) is 1. The molecule has 1 rings (SSSR count). The lowest BCUT2D eigenvalue weighted by atomic mass is 10.1. The molecular formula is C14H21NO3. The molecule has 0 amide bonds. The summed E-state index contributed by atoms with van der Waals surface area (Å²) in [6, 6.07) is 6.78. The smallest absolute Gasteiger partial charge is 0.335 e. The summed E-state index contributed by atoms with van der Waals surface area (Å²) in [5.74, 6) is -0.904. The Kier molecular flexibility index (Phi) is 5.82. The van der Waals surface area contributed by atoms with E-state index in [0.29, 0.717) is 12.2 Å². The average Bonchev–Trinajstić information content (AvgIpc) is 2.38. The van der Waals surface area contributed by atoms with Crippen LogP contribution < -0.4 is 0 Å². The van der Waals surface area contributed by atoms with Crippen molar-refractivity contribution >= 4 is 5.97 Å². The van der Waals surface area contributed by atoms with E-state index in [-0.39, 0.29) is 6.23 Å². The van der Waals surface area contributed by atoms with E-state index in [2.05, 4.69) is 18.7 Å². The second kappa shape index (κ2) is 7.13. The molecule has 0 aliphatic carbocycles. The van der Waals surface area contributed by atoms with Gasteiger partial charge < -0.3 is 9.84 Å². The van der Waals surface area contributed by atoms with E-state index < -0.39 is 5.97 Å². The lowest BCUT2D eigenvalue weighted by molar-refractivity contribution is -0.0521. The fraction of sp³-hybridized carbons (Fsp3) is 0.500. The maximum Gasteiger partial charge on any atom is 0.335 e. The van der Waals surface area contributed by atoms with Gasteiger partial charge in [0, 0.05) is 0 Å². The zero-order valence-electron chi connectivity index (χ0n) is 11.2. The first-order valence-electron chi connectivity index (χ1n) is 6.26. The molecule has 0 fully saturated rings. The maximum absolute atomic E-state index is 10.7. The van der Waals surface area contributed by atoms with Gasteiger partial charge in [-0.3, -0.25) is 4.90 Å². The van der Waals surface area contributed by atoms with Crippen LogP contribution in [0.4, 0.5) is 0 Å².